The van der Waals surface area contributed by atoms with Crippen LogP contribution in [0.25, 0.3) is 5.65 Å². The molecule has 0 aromatic carbocycles. The average Bonchev–Trinajstić information content (AvgIpc) is 3.53. The van der Waals surface area contributed by atoms with Gasteiger partial charge in [0.1, 0.15) is 17.1 Å². The van der Waals surface area contributed by atoms with E-state index in [2.05, 4.69) is 19.2 Å². The number of aromatic nitrogens is 3. The fraction of sp³-hybridized carbons (Fsp3) is 0.500. The van der Waals surface area contributed by atoms with Crippen molar-refractivity contribution in [2.75, 3.05) is 5.32 Å². The molecule has 1 aliphatic rings. The standard InChI is InChI=1S/C26H34N4O3/c1-5-8-18(9-6-2)22-16-29-15-20(23(33-17(3)4)14-24(29)27-22)25(31)28-21-10-7-13-30(26(21)32)19-11-12-19/h7,10,13-19H,5-6,8-9,11-12H2,1-4H3,(H,28,31). The van der Waals surface area contributed by atoms with Gasteiger partial charge in [0, 0.05) is 36.6 Å². The number of rotatable bonds is 10. The smallest absolute Gasteiger partial charge is 0.274 e. The molecule has 3 heterocycles. The van der Waals surface area contributed by atoms with E-state index in [1.165, 1.54) is 0 Å². The Morgan fingerprint density at radius 2 is 1.94 bits per heavy atom. The van der Waals surface area contributed by atoms with Crippen LogP contribution in [-0.2, 0) is 0 Å². The molecule has 7 nitrogen and oxygen atoms in total. The van der Waals surface area contributed by atoms with Crippen LogP contribution in [0.4, 0.5) is 5.69 Å². The lowest BCUT2D eigenvalue weighted by molar-refractivity contribution is 0.102. The van der Waals surface area contributed by atoms with Gasteiger partial charge >= 0.3 is 0 Å². The highest BCUT2D eigenvalue weighted by Gasteiger charge is 2.26. The fourth-order valence-corrected chi connectivity index (χ4v) is 4.33. The third-order valence-corrected chi connectivity index (χ3v) is 6.04. The van der Waals surface area contributed by atoms with Crippen LogP contribution in [0.1, 0.15) is 94.2 Å². The highest BCUT2D eigenvalue weighted by atomic mass is 16.5. The number of imidazole rings is 1. The van der Waals surface area contributed by atoms with Gasteiger partial charge < -0.3 is 19.0 Å². The van der Waals surface area contributed by atoms with E-state index in [9.17, 15) is 9.59 Å². The number of pyridine rings is 2. The highest BCUT2D eigenvalue weighted by Crippen LogP contribution is 2.33. The van der Waals surface area contributed by atoms with Gasteiger partial charge in [0.2, 0.25) is 0 Å². The van der Waals surface area contributed by atoms with Gasteiger partial charge in [0.05, 0.1) is 17.4 Å². The summed E-state index contributed by atoms with van der Waals surface area (Å²) in [7, 11) is 0. The van der Waals surface area contributed by atoms with Crippen molar-refractivity contribution in [2.45, 2.75) is 84.3 Å². The van der Waals surface area contributed by atoms with Gasteiger partial charge in [-0.3, -0.25) is 9.59 Å². The average molecular weight is 451 g/mol. The number of carbonyl (C=O) groups excluding carboxylic acids is 1. The van der Waals surface area contributed by atoms with Gasteiger partial charge in [-0.1, -0.05) is 26.7 Å². The molecule has 0 radical (unpaired) electrons. The van der Waals surface area contributed by atoms with Crippen molar-refractivity contribution < 1.29 is 9.53 Å². The first-order valence-corrected chi connectivity index (χ1v) is 12.1. The molecular formula is C26H34N4O3. The molecule has 3 aromatic heterocycles. The molecule has 1 saturated carbocycles. The molecule has 1 aliphatic carbocycles. The second-order valence-corrected chi connectivity index (χ2v) is 9.24. The largest absolute Gasteiger partial charge is 0.490 e. The van der Waals surface area contributed by atoms with Gasteiger partial charge in [-0.2, -0.15) is 0 Å². The molecule has 0 unspecified atom stereocenters. The van der Waals surface area contributed by atoms with Crippen LogP contribution in [0, 0.1) is 0 Å². The second-order valence-electron chi connectivity index (χ2n) is 9.24. The van der Waals surface area contributed by atoms with Crippen molar-refractivity contribution in [3.63, 3.8) is 0 Å². The van der Waals surface area contributed by atoms with Crippen LogP contribution in [0.5, 0.6) is 5.75 Å². The van der Waals surface area contributed by atoms with E-state index < -0.39 is 0 Å². The van der Waals surface area contributed by atoms with Crippen LogP contribution in [0.15, 0.2) is 41.6 Å². The predicted molar refractivity (Wildman–Crippen MR) is 130 cm³/mol. The monoisotopic (exact) mass is 450 g/mol. The summed E-state index contributed by atoms with van der Waals surface area (Å²) in [6.07, 6.45) is 11.8. The van der Waals surface area contributed by atoms with E-state index >= 15 is 0 Å². The Balaban J connectivity index is 1.69. The minimum absolute atomic E-state index is 0.106. The summed E-state index contributed by atoms with van der Waals surface area (Å²) in [6.45, 7) is 8.23. The number of carbonyl (C=O) groups is 1. The number of nitrogens with one attached hydrogen (secondary N) is 1. The Hall–Kier alpha value is -3.09. The number of hydrogen-bond donors (Lipinski definition) is 1. The van der Waals surface area contributed by atoms with Gasteiger partial charge in [-0.15, -0.1) is 0 Å². The molecule has 0 aliphatic heterocycles. The number of anilines is 1. The van der Waals surface area contributed by atoms with Crippen molar-refractivity contribution >= 4 is 17.2 Å². The summed E-state index contributed by atoms with van der Waals surface area (Å²) in [6, 6.07) is 5.51. The molecule has 33 heavy (non-hydrogen) atoms. The number of nitrogens with zero attached hydrogens (tertiary/aromatic N) is 3. The summed E-state index contributed by atoms with van der Waals surface area (Å²) >= 11 is 0. The van der Waals surface area contributed by atoms with Crippen LogP contribution in [0.2, 0.25) is 0 Å². The van der Waals surface area contributed by atoms with Gasteiger partial charge in [-0.25, -0.2) is 4.98 Å². The first-order chi connectivity index (χ1) is 15.9. The van der Waals surface area contributed by atoms with Crippen molar-refractivity contribution in [2.24, 2.45) is 0 Å². The molecule has 1 fully saturated rings. The maximum atomic E-state index is 13.3. The van der Waals surface area contributed by atoms with Gasteiger partial charge in [-0.05, 0) is 51.7 Å². The zero-order valence-electron chi connectivity index (χ0n) is 20.0. The minimum Gasteiger partial charge on any atom is -0.490 e. The zero-order valence-corrected chi connectivity index (χ0v) is 20.0. The van der Waals surface area contributed by atoms with Crippen LogP contribution >= 0.6 is 0 Å². The third-order valence-electron chi connectivity index (χ3n) is 6.04. The van der Waals surface area contributed by atoms with Crippen molar-refractivity contribution in [3.8, 4) is 5.75 Å². The lowest BCUT2D eigenvalue weighted by atomic mass is 9.95. The van der Waals surface area contributed by atoms with E-state index in [-0.39, 0.29) is 29.3 Å². The van der Waals surface area contributed by atoms with Gasteiger partial charge in [0.25, 0.3) is 11.5 Å². The molecule has 0 atom stereocenters. The molecule has 0 bridgehead atoms. The number of ether oxygens (including phenoxy) is 1. The maximum Gasteiger partial charge on any atom is 0.274 e. The summed E-state index contributed by atoms with van der Waals surface area (Å²) in [5, 5.41) is 2.81. The Labute approximate surface area is 194 Å². The highest BCUT2D eigenvalue weighted by molar-refractivity contribution is 6.06. The fourth-order valence-electron chi connectivity index (χ4n) is 4.33. The molecule has 1 amide bonds. The van der Waals surface area contributed by atoms with E-state index in [1.807, 2.05) is 30.5 Å². The van der Waals surface area contributed by atoms with Crippen molar-refractivity contribution in [1.82, 2.24) is 14.0 Å². The number of fused-ring (bicyclic) bond motifs is 1. The third kappa shape index (κ3) is 5.13. The summed E-state index contributed by atoms with van der Waals surface area (Å²) in [5.41, 5.74) is 2.28. The number of amides is 1. The minimum atomic E-state index is -0.368. The summed E-state index contributed by atoms with van der Waals surface area (Å²) < 4.78 is 9.58. The molecule has 0 spiro atoms. The van der Waals surface area contributed by atoms with E-state index in [0.29, 0.717) is 17.2 Å². The second kappa shape index (κ2) is 9.81. The zero-order chi connectivity index (χ0) is 23.5. The first kappa shape index (κ1) is 23.1. The van der Waals surface area contributed by atoms with Crippen molar-refractivity contribution in [1.29, 1.82) is 0 Å². The molecule has 176 valence electrons. The lowest BCUT2D eigenvalue weighted by Gasteiger charge is -2.15. The van der Waals surface area contributed by atoms with Crippen LogP contribution in [0.3, 0.4) is 0 Å². The topological polar surface area (TPSA) is 77.6 Å². The Kier molecular flexibility index (Phi) is 6.86. The van der Waals surface area contributed by atoms with Gasteiger partial charge in [0.15, 0.2) is 0 Å². The van der Waals surface area contributed by atoms with E-state index in [0.717, 1.165) is 49.9 Å². The Bertz CT molecular complexity index is 1180. The molecule has 0 saturated heterocycles. The lowest BCUT2D eigenvalue weighted by Crippen LogP contribution is -2.25. The van der Waals surface area contributed by atoms with Crippen LogP contribution < -0.4 is 15.6 Å². The molecule has 4 rings (SSSR count). The van der Waals surface area contributed by atoms with Crippen LogP contribution in [-0.4, -0.2) is 26.0 Å². The first-order valence-electron chi connectivity index (χ1n) is 12.1. The van der Waals surface area contributed by atoms with E-state index in [1.54, 1.807) is 29.1 Å². The Morgan fingerprint density at radius 1 is 1.21 bits per heavy atom. The molecule has 3 aromatic rings. The predicted octanol–water partition coefficient (Wildman–Crippen LogP) is 5.55. The maximum absolute atomic E-state index is 13.3. The SMILES string of the molecule is CCCC(CCC)c1cn2cc(C(=O)Nc3cccn(C4CC4)c3=O)c(OC(C)C)cc2n1. The molecule has 1 N–H and O–H groups in total. The molecule has 7 heteroatoms. The summed E-state index contributed by atoms with van der Waals surface area (Å²) in [5.74, 6) is 0.497. The molecular weight excluding hydrogens is 416 g/mol. The Morgan fingerprint density at radius 3 is 2.58 bits per heavy atom. The van der Waals surface area contributed by atoms with Crippen molar-refractivity contribution in [3.05, 3.63) is 58.4 Å². The van der Waals surface area contributed by atoms with E-state index in [4.69, 9.17) is 9.72 Å². The quantitative estimate of drug-likeness (QED) is 0.439. The normalized spacial score (nSPS) is 13.8. The summed E-state index contributed by atoms with van der Waals surface area (Å²) in [4.78, 5) is 30.9. The number of hydrogen-bond acceptors (Lipinski definition) is 4.